The topological polar surface area (TPSA) is 89.3 Å². The average Bonchev–Trinajstić information content (AvgIpc) is 2.46. The Balaban J connectivity index is 2.25. The molecule has 20 heavy (non-hydrogen) atoms. The number of ether oxygens (including phenoxy) is 1. The molecule has 4 N–H and O–H groups in total. The van der Waals surface area contributed by atoms with E-state index in [1.807, 2.05) is 0 Å². The van der Waals surface area contributed by atoms with E-state index in [2.05, 4.69) is 31.7 Å². The van der Waals surface area contributed by atoms with E-state index in [0.29, 0.717) is 22.7 Å². The van der Waals surface area contributed by atoms with Gasteiger partial charge in [-0.15, -0.1) is 0 Å². The molecule has 0 atom stereocenters. The molecule has 0 aliphatic carbocycles. The van der Waals surface area contributed by atoms with Gasteiger partial charge in [0.2, 0.25) is 0 Å². The minimum absolute atomic E-state index is 0.291. The molecule has 0 aliphatic rings. The largest absolute Gasteiger partial charge is 0.497 e. The quantitative estimate of drug-likeness (QED) is 0.589. The molecule has 0 bridgehead atoms. The van der Waals surface area contributed by atoms with Gasteiger partial charge in [-0.2, -0.15) is 0 Å². The average molecular weight is 337 g/mol. The Morgan fingerprint density at radius 1 is 1.40 bits per heavy atom. The van der Waals surface area contributed by atoms with E-state index in [1.54, 1.807) is 31.4 Å². The number of benzene rings is 1. The number of anilines is 2. The Morgan fingerprint density at radius 3 is 2.90 bits per heavy atom. The van der Waals surface area contributed by atoms with Crippen molar-refractivity contribution in [1.82, 2.24) is 4.98 Å². The summed E-state index contributed by atoms with van der Waals surface area (Å²) in [5.74, 6) is 5.70. The van der Waals surface area contributed by atoms with Gasteiger partial charge < -0.3 is 15.5 Å². The highest BCUT2D eigenvalue weighted by atomic mass is 79.9. The van der Waals surface area contributed by atoms with Gasteiger partial charge in [0.1, 0.15) is 5.75 Å². The van der Waals surface area contributed by atoms with Gasteiger partial charge in [-0.05, 0) is 18.2 Å². The van der Waals surface area contributed by atoms with Crippen LogP contribution in [0.2, 0.25) is 0 Å². The molecule has 104 valence electrons. The number of nitrogens with one attached hydrogen (secondary N) is 2. The van der Waals surface area contributed by atoms with Crippen molar-refractivity contribution in [2.24, 2.45) is 5.84 Å². The van der Waals surface area contributed by atoms with Gasteiger partial charge in [0, 0.05) is 22.4 Å². The third-order valence-corrected chi connectivity index (χ3v) is 3.04. The zero-order valence-electron chi connectivity index (χ0n) is 10.7. The zero-order valence-corrected chi connectivity index (χ0v) is 12.3. The number of aromatic nitrogens is 1. The first-order valence-corrected chi connectivity index (χ1v) is 6.50. The van der Waals surface area contributed by atoms with Crippen molar-refractivity contribution in [3.05, 3.63) is 46.7 Å². The van der Waals surface area contributed by atoms with Crippen LogP contribution in [0.3, 0.4) is 0 Å². The number of carbonyl (C=O) groups excluding carboxylic acids is 1. The summed E-state index contributed by atoms with van der Waals surface area (Å²) in [4.78, 5) is 16.1. The van der Waals surface area contributed by atoms with Crippen LogP contribution in [0.5, 0.6) is 5.75 Å². The van der Waals surface area contributed by atoms with Crippen LogP contribution in [-0.4, -0.2) is 18.0 Å². The SMILES string of the molecule is COc1cc(Br)cc(NC(=O)c2ccncc2NN)c1. The van der Waals surface area contributed by atoms with Crippen molar-refractivity contribution >= 4 is 33.2 Å². The summed E-state index contributed by atoms with van der Waals surface area (Å²) >= 11 is 3.35. The second-order valence-electron chi connectivity index (χ2n) is 3.90. The number of carbonyl (C=O) groups is 1. The maximum absolute atomic E-state index is 12.2. The Bertz CT molecular complexity index is 634. The third-order valence-electron chi connectivity index (χ3n) is 2.59. The number of halogens is 1. The van der Waals surface area contributed by atoms with Gasteiger partial charge in [0.05, 0.1) is 24.6 Å². The number of hydrogen-bond donors (Lipinski definition) is 3. The highest BCUT2D eigenvalue weighted by molar-refractivity contribution is 9.10. The van der Waals surface area contributed by atoms with E-state index >= 15 is 0 Å². The first-order valence-electron chi connectivity index (χ1n) is 5.70. The maximum Gasteiger partial charge on any atom is 0.257 e. The lowest BCUT2D eigenvalue weighted by molar-refractivity contribution is 0.102. The van der Waals surface area contributed by atoms with Crippen molar-refractivity contribution < 1.29 is 9.53 Å². The van der Waals surface area contributed by atoms with Crippen molar-refractivity contribution in [3.8, 4) is 5.75 Å². The summed E-state index contributed by atoms with van der Waals surface area (Å²) in [5, 5.41) is 2.78. The molecule has 1 heterocycles. The molecule has 0 aliphatic heterocycles. The summed E-state index contributed by atoms with van der Waals surface area (Å²) in [6, 6.07) is 6.88. The number of nitrogens with zero attached hydrogens (tertiary/aromatic N) is 1. The molecule has 0 fully saturated rings. The smallest absolute Gasteiger partial charge is 0.257 e. The standard InChI is InChI=1S/C13H13BrN4O2/c1-20-10-5-8(14)4-9(6-10)17-13(19)11-2-3-16-7-12(11)18-15/h2-7,18H,15H2,1H3,(H,17,19). The zero-order chi connectivity index (χ0) is 14.5. The van der Waals surface area contributed by atoms with Gasteiger partial charge in [-0.1, -0.05) is 15.9 Å². The van der Waals surface area contributed by atoms with Crippen LogP contribution >= 0.6 is 15.9 Å². The van der Waals surface area contributed by atoms with Crippen molar-refractivity contribution in [3.63, 3.8) is 0 Å². The molecule has 0 unspecified atom stereocenters. The molecule has 1 aromatic carbocycles. The maximum atomic E-state index is 12.2. The molecule has 0 saturated carbocycles. The molecule has 2 rings (SSSR count). The Hall–Kier alpha value is -2.12. The van der Waals surface area contributed by atoms with Gasteiger partial charge in [0.15, 0.2) is 0 Å². The summed E-state index contributed by atoms with van der Waals surface area (Å²) in [6.45, 7) is 0. The lowest BCUT2D eigenvalue weighted by Crippen LogP contribution is -2.17. The van der Waals surface area contributed by atoms with Gasteiger partial charge in [-0.3, -0.25) is 15.6 Å². The molecule has 2 aromatic rings. The van der Waals surface area contributed by atoms with Crippen LogP contribution in [0.25, 0.3) is 0 Å². The molecular weight excluding hydrogens is 324 g/mol. The molecule has 1 amide bonds. The summed E-state index contributed by atoms with van der Waals surface area (Å²) in [7, 11) is 1.56. The van der Waals surface area contributed by atoms with E-state index in [1.165, 1.54) is 12.4 Å². The van der Waals surface area contributed by atoms with Crippen LogP contribution < -0.4 is 21.3 Å². The predicted molar refractivity (Wildman–Crippen MR) is 80.7 cm³/mol. The van der Waals surface area contributed by atoms with E-state index in [-0.39, 0.29) is 5.91 Å². The highest BCUT2D eigenvalue weighted by Crippen LogP contribution is 2.25. The minimum atomic E-state index is -0.291. The summed E-state index contributed by atoms with van der Waals surface area (Å²) in [6.07, 6.45) is 3.01. The first-order chi connectivity index (χ1) is 9.63. The van der Waals surface area contributed by atoms with Gasteiger partial charge in [0.25, 0.3) is 5.91 Å². The molecule has 1 aromatic heterocycles. The Kier molecular flexibility index (Phi) is 4.54. The van der Waals surface area contributed by atoms with E-state index < -0.39 is 0 Å². The van der Waals surface area contributed by atoms with Gasteiger partial charge in [-0.25, -0.2) is 0 Å². The number of amides is 1. The van der Waals surface area contributed by atoms with Crippen molar-refractivity contribution in [1.29, 1.82) is 0 Å². The fourth-order valence-electron chi connectivity index (χ4n) is 1.66. The molecule has 7 heteroatoms. The fraction of sp³-hybridized carbons (Fsp3) is 0.0769. The monoisotopic (exact) mass is 336 g/mol. The van der Waals surface area contributed by atoms with Crippen LogP contribution in [0, 0.1) is 0 Å². The van der Waals surface area contributed by atoms with Crippen molar-refractivity contribution in [2.75, 3.05) is 17.9 Å². The summed E-state index contributed by atoms with van der Waals surface area (Å²) in [5.41, 5.74) is 3.91. The number of hydrogen-bond acceptors (Lipinski definition) is 5. The van der Waals surface area contributed by atoms with Gasteiger partial charge >= 0.3 is 0 Å². The number of hydrazine groups is 1. The van der Waals surface area contributed by atoms with E-state index in [9.17, 15) is 4.79 Å². The Labute approximate surface area is 124 Å². The predicted octanol–water partition coefficient (Wildman–Crippen LogP) is 2.39. The molecular formula is C13H13BrN4O2. The normalized spacial score (nSPS) is 9.95. The van der Waals surface area contributed by atoms with E-state index in [4.69, 9.17) is 10.6 Å². The number of nitrogen functional groups attached to an aromatic ring is 1. The molecule has 0 spiro atoms. The number of pyridine rings is 1. The van der Waals surface area contributed by atoms with E-state index in [0.717, 1.165) is 4.47 Å². The lowest BCUT2D eigenvalue weighted by atomic mass is 10.2. The number of methoxy groups -OCH3 is 1. The fourth-order valence-corrected chi connectivity index (χ4v) is 2.13. The lowest BCUT2D eigenvalue weighted by Gasteiger charge is -2.10. The third kappa shape index (κ3) is 3.25. The number of nitrogens with two attached hydrogens (primary N) is 1. The molecule has 0 radical (unpaired) electrons. The van der Waals surface area contributed by atoms with Crippen molar-refractivity contribution in [2.45, 2.75) is 0 Å². The molecule has 6 nitrogen and oxygen atoms in total. The summed E-state index contributed by atoms with van der Waals surface area (Å²) < 4.78 is 5.95. The first kappa shape index (κ1) is 14.3. The highest BCUT2D eigenvalue weighted by Gasteiger charge is 2.11. The molecule has 0 saturated heterocycles. The van der Waals surface area contributed by atoms with Crippen LogP contribution in [0.15, 0.2) is 41.1 Å². The van der Waals surface area contributed by atoms with Crippen LogP contribution in [0.4, 0.5) is 11.4 Å². The second kappa shape index (κ2) is 6.36. The Morgan fingerprint density at radius 2 is 2.20 bits per heavy atom. The number of rotatable bonds is 4. The van der Waals surface area contributed by atoms with Crippen LogP contribution in [0.1, 0.15) is 10.4 Å². The minimum Gasteiger partial charge on any atom is -0.497 e. The second-order valence-corrected chi connectivity index (χ2v) is 4.82. The van der Waals surface area contributed by atoms with Crippen LogP contribution in [-0.2, 0) is 0 Å².